The highest BCUT2D eigenvalue weighted by Crippen LogP contribution is 2.48. The van der Waals surface area contributed by atoms with Crippen LogP contribution < -0.4 is 10.6 Å². The Morgan fingerprint density at radius 1 is 0.875 bits per heavy atom. The summed E-state index contributed by atoms with van der Waals surface area (Å²) in [6, 6.07) is 24.0. The van der Waals surface area contributed by atoms with Crippen molar-refractivity contribution < 1.29 is 19.5 Å². The number of H-pyrrole nitrogens is 1. The van der Waals surface area contributed by atoms with Gasteiger partial charge in [-0.3, -0.25) is 19.5 Å². The lowest BCUT2D eigenvalue weighted by molar-refractivity contribution is -0.150. The van der Waals surface area contributed by atoms with Gasteiger partial charge in [-0.25, -0.2) is 0 Å². The van der Waals surface area contributed by atoms with Crippen LogP contribution in [0.5, 0.6) is 0 Å². The van der Waals surface area contributed by atoms with Gasteiger partial charge in [0, 0.05) is 29.3 Å². The third-order valence-electron chi connectivity index (χ3n) is 7.73. The predicted octanol–water partition coefficient (Wildman–Crippen LogP) is 5.01. The highest BCUT2D eigenvalue weighted by atomic mass is 16.3. The number of nitrogens with one attached hydrogen (secondary N) is 3. The first-order chi connectivity index (χ1) is 19.2. The molecular weight excluding hydrogens is 504 g/mol. The van der Waals surface area contributed by atoms with Gasteiger partial charge in [-0.2, -0.15) is 5.10 Å². The van der Waals surface area contributed by atoms with Crippen molar-refractivity contribution in [3.63, 3.8) is 0 Å². The molecule has 0 aliphatic heterocycles. The summed E-state index contributed by atoms with van der Waals surface area (Å²) in [5, 5.41) is 24.7. The maximum absolute atomic E-state index is 14.0. The summed E-state index contributed by atoms with van der Waals surface area (Å²) in [6.45, 7) is 5.22. The van der Waals surface area contributed by atoms with Crippen LogP contribution in [0.3, 0.4) is 0 Å². The molecule has 0 spiro atoms. The van der Waals surface area contributed by atoms with E-state index < -0.39 is 41.0 Å². The smallest absolute Gasteiger partial charge is 0.235 e. The second-order valence-electron chi connectivity index (χ2n) is 10.7. The van der Waals surface area contributed by atoms with Crippen molar-refractivity contribution in [3.8, 4) is 11.3 Å². The summed E-state index contributed by atoms with van der Waals surface area (Å²) in [7, 11) is 0. The first kappa shape index (κ1) is 27.0. The molecule has 1 aliphatic carbocycles. The van der Waals surface area contributed by atoms with Crippen LogP contribution in [0.1, 0.15) is 36.0 Å². The molecule has 40 heavy (non-hydrogen) atoms. The van der Waals surface area contributed by atoms with Crippen LogP contribution >= 0.6 is 0 Å². The van der Waals surface area contributed by atoms with Crippen molar-refractivity contribution in [2.75, 3.05) is 10.6 Å². The largest absolute Gasteiger partial charge is 0.389 e. The number of para-hydroxylation sites is 2. The SMILES string of the molecule is Cc1ccccc1NC(=O)[C@@H]1C(=O)C[C@](C)(O)[C@@H](C(=O)Nc2ccccc2C)[C@@H]1c1cn[nH]c1-c1ccccc1. The van der Waals surface area contributed by atoms with Gasteiger partial charge in [-0.1, -0.05) is 66.7 Å². The number of aromatic amines is 1. The molecule has 0 radical (unpaired) electrons. The molecule has 4 atom stereocenters. The number of anilines is 2. The molecule has 0 saturated heterocycles. The van der Waals surface area contributed by atoms with Crippen LogP contribution in [0.2, 0.25) is 0 Å². The number of carbonyl (C=O) groups is 3. The van der Waals surface area contributed by atoms with Gasteiger partial charge in [0.1, 0.15) is 11.7 Å². The minimum absolute atomic E-state index is 0.347. The number of amides is 2. The van der Waals surface area contributed by atoms with E-state index in [1.807, 2.05) is 74.5 Å². The molecule has 1 fully saturated rings. The third-order valence-corrected chi connectivity index (χ3v) is 7.73. The monoisotopic (exact) mass is 536 g/mol. The molecule has 1 aromatic heterocycles. The van der Waals surface area contributed by atoms with E-state index in [1.54, 1.807) is 24.4 Å². The Balaban J connectivity index is 1.63. The van der Waals surface area contributed by atoms with Gasteiger partial charge in [-0.15, -0.1) is 0 Å². The molecular formula is C32H32N4O4. The minimum atomic E-state index is -1.72. The Labute approximate surface area is 232 Å². The van der Waals surface area contributed by atoms with Crippen molar-refractivity contribution in [1.82, 2.24) is 10.2 Å². The zero-order valence-corrected chi connectivity index (χ0v) is 22.6. The number of hydrogen-bond donors (Lipinski definition) is 4. The molecule has 1 aliphatic rings. The van der Waals surface area contributed by atoms with Gasteiger partial charge in [-0.05, 0) is 49.6 Å². The van der Waals surface area contributed by atoms with Crippen LogP contribution in [0.15, 0.2) is 85.1 Å². The van der Waals surface area contributed by atoms with Gasteiger partial charge >= 0.3 is 0 Å². The maximum atomic E-state index is 14.0. The summed E-state index contributed by atoms with van der Waals surface area (Å²) in [4.78, 5) is 41.6. The van der Waals surface area contributed by atoms with E-state index in [0.717, 1.165) is 16.7 Å². The van der Waals surface area contributed by atoms with Crippen LogP contribution in [-0.2, 0) is 14.4 Å². The van der Waals surface area contributed by atoms with Crippen LogP contribution in [0.25, 0.3) is 11.3 Å². The molecule has 204 valence electrons. The third kappa shape index (κ3) is 5.18. The van der Waals surface area contributed by atoms with Gasteiger partial charge in [0.2, 0.25) is 11.8 Å². The van der Waals surface area contributed by atoms with Gasteiger partial charge in [0.05, 0.1) is 23.4 Å². The second kappa shape index (κ2) is 10.9. The van der Waals surface area contributed by atoms with Crippen LogP contribution in [0, 0.1) is 25.7 Å². The molecule has 3 aromatic carbocycles. The number of rotatable bonds is 6. The molecule has 8 heteroatoms. The molecule has 1 saturated carbocycles. The molecule has 5 rings (SSSR count). The zero-order chi connectivity index (χ0) is 28.4. The predicted molar refractivity (Wildman–Crippen MR) is 154 cm³/mol. The maximum Gasteiger partial charge on any atom is 0.235 e. The number of carbonyl (C=O) groups excluding carboxylic acids is 3. The standard InChI is InChI=1S/C32H32N4O4/c1-19-11-7-9-15-23(19)34-30(38)27-25(37)17-32(3,40)28(31(39)35-24-16-10-8-12-20(24)2)26(27)22-18-33-36-29(22)21-13-5-4-6-14-21/h4-16,18,26-28,40H,17H2,1-3H3,(H,33,36)(H,34,38)(H,35,39)/t26-,27-,28-,32+/m1/s1. The van der Waals surface area contributed by atoms with E-state index in [0.29, 0.717) is 22.6 Å². The van der Waals surface area contributed by atoms with Gasteiger partial charge in [0.15, 0.2) is 0 Å². The summed E-state index contributed by atoms with van der Waals surface area (Å²) in [5.74, 6) is -4.84. The molecule has 8 nitrogen and oxygen atoms in total. The number of Topliss-reactive ketones (excluding diaryl/α,β-unsaturated/α-hetero) is 1. The molecule has 4 N–H and O–H groups in total. The van der Waals surface area contributed by atoms with Crippen molar-refractivity contribution in [3.05, 3.63) is 102 Å². The molecule has 1 heterocycles. The fourth-order valence-electron chi connectivity index (χ4n) is 5.70. The van der Waals surface area contributed by atoms with Crippen molar-refractivity contribution >= 4 is 29.0 Å². The Bertz CT molecular complexity index is 1560. The number of aliphatic hydroxyl groups is 1. The fraction of sp³-hybridized carbons (Fsp3) is 0.250. The van der Waals surface area contributed by atoms with Crippen molar-refractivity contribution in [1.29, 1.82) is 0 Å². The number of benzene rings is 3. The van der Waals surface area contributed by atoms with Gasteiger partial charge < -0.3 is 15.7 Å². The van der Waals surface area contributed by atoms with Crippen molar-refractivity contribution in [2.45, 2.75) is 38.7 Å². The van der Waals surface area contributed by atoms with Crippen LogP contribution in [0.4, 0.5) is 11.4 Å². The molecule has 0 bridgehead atoms. The van der Waals surface area contributed by atoms with E-state index in [-0.39, 0.29) is 6.42 Å². The topological polar surface area (TPSA) is 124 Å². The number of aryl methyl sites for hydroxylation is 2. The minimum Gasteiger partial charge on any atom is -0.389 e. The zero-order valence-electron chi connectivity index (χ0n) is 22.6. The summed E-state index contributed by atoms with van der Waals surface area (Å²) >= 11 is 0. The van der Waals surface area contributed by atoms with E-state index in [1.165, 1.54) is 6.92 Å². The number of aromatic nitrogens is 2. The normalized spacial score (nSPS) is 22.5. The molecule has 0 unspecified atom stereocenters. The van der Waals surface area contributed by atoms with E-state index >= 15 is 0 Å². The lowest BCUT2D eigenvalue weighted by Crippen LogP contribution is -2.56. The summed E-state index contributed by atoms with van der Waals surface area (Å²) in [5.41, 5.74) is 3.00. The lowest BCUT2D eigenvalue weighted by Gasteiger charge is -2.44. The highest BCUT2D eigenvalue weighted by Gasteiger charge is 2.56. The number of hydrogen-bond acceptors (Lipinski definition) is 5. The van der Waals surface area contributed by atoms with E-state index in [9.17, 15) is 19.5 Å². The number of ketones is 1. The molecule has 4 aromatic rings. The van der Waals surface area contributed by atoms with Crippen LogP contribution in [-0.4, -0.2) is 38.5 Å². The first-order valence-electron chi connectivity index (χ1n) is 13.2. The van der Waals surface area contributed by atoms with Gasteiger partial charge in [0.25, 0.3) is 0 Å². The Hall–Kier alpha value is -4.56. The van der Waals surface area contributed by atoms with Crippen molar-refractivity contribution in [2.24, 2.45) is 11.8 Å². The summed E-state index contributed by atoms with van der Waals surface area (Å²) < 4.78 is 0. The number of nitrogens with zero attached hydrogens (tertiary/aromatic N) is 1. The first-order valence-corrected chi connectivity index (χ1v) is 13.2. The lowest BCUT2D eigenvalue weighted by atomic mass is 9.61. The average molecular weight is 537 g/mol. The average Bonchev–Trinajstić information content (AvgIpc) is 3.40. The quantitative estimate of drug-likeness (QED) is 0.258. The highest BCUT2D eigenvalue weighted by molar-refractivity contribution is 6.11. The second-order valence-corrected chi connectivity index (χ2v) is 10.7. The Morgan fingerprint density at radius 2 is 1.43 bits per heavy atom. The Kier molecular flexibility index (Phi) is 7.36. The summed E-state index contributed by atoms with van der Waals surface area (Å²) in [6.07, 6.45) is 1.20. The fourth-order valence-corrected chi connectivity index (χ4v) is 5.70. The van der Waals surface area contributed by atoms with E-state index in [4.69, 9.17) is 0 Å². The Morgan fingerprint density at radius 3 is 2.02 bits per heavy atom. The molecule has 2 amide bonds. The van der Waals surface area contributed by atoms with E-state index in [2.05, 4.69) is 20.8 Å².